The topological polar surface area (TPSA) is 81.1 Å². The monoisotopic (exact) mass is 401 g/mol. The third-order valence-electron chi connectivity index (χ3n) is 2.64. The van der Waals surface area contributed by atoms with Gasteiger partial charge in [-0.3, -0.25) is 4.79 Å². The van der Waals surface area contributed by atoms with Crippen LogP contribution in [0.5, 0.6) is 0 Å². The number of rotatable bonds is 4. The minimum absolute atomic E-state index is 0.191. The fraction of sp³-hybridized carbons (Fsp3) is 0.167. The average molecular weight is 402 g/mol. The van der Waals surface area contributed by atoms with Crippen LogP contribution in [0.1, 0.15) is 10.5 Å². The molecule has 0 atom stereocenters. The SMILES string of the molecule is O=C(NS(=O)(=O)c1ccc(Cl)cc1Cl)c1cn(CC(F)(F)F)cn1. The summed E-state index contributed by atoms with van der Waals surface area (Å²) in [4.78, 5) is 14.9. The van der Waals surface area contributed by atoms with Gasteiger partial charge in [-0.05, 0) is 18.2 Å². The van der Waals surface area contributed by atoms with E-state index in [4.69, 9.17) is 23.2 Å². The van der Waals surface area contributed by atoms with Gasteiger partial charge in [0.1, 0.15) is 17.1 Å². The van der Waals surface area contributed by atoms with Crippen LogP contribution in [0.3, 0.4) is 0 Å². The lowest BCUT2D eigenvalue weighted by Gasteiger charge is -2.08. The van der Waals surface area contributed by atoms with Crippen molar-refractivity contribution in [2.24, 2.45) is 0 Å². The van der Waals surface area contributed by atoms with Gasteiger partial charge in [-0.25, -0.2) is 18.1 Å². The Kier molecular flexibility index (Phi) is 5.11. The van der Waals surface area contributed by atoms with Crippen molar-refractivity contribution in [3.05, 3.63) is 46.5 Å². The Balaban J connectivity index is 2.19. The van der Waals surface area contributed by atoms with E-state index in [-0.39, 0.29) is 10.0 Å². The molecule has 1 aromatic carbocycles. The van der Waals surface area contributed by atoms with Gasteiger partial charge in [0.15, 0.2) is 0 Å². The molecule has 0 aliphatic carbocycles. The van der Waals surface area contributed by atoms with Gasteiger partial charge in [0.05, 0.1) is 11.3 Å². The number of carbonyl (C=O) groups excluding carboxylic acids is 1. The van der Waals surface area contributed by atoms with Gasteiger partial charge in [0.25, 0.3) is 15.9 Å². The number of carbonyl (C=O) groups is 1. The fourth-order valence-corrected chi connectivity index (χ4v) is 3.43. The number of halogens is 5. The minimum Gasteiger partial charge on any atom is -0.328 e. The number of sulfonamides is 1. The summed E-state index contributed by atoms with van der Waals surface area (Å²) in [6, 6.07) is 3.51. The van der Waals surface area contributed by atoms with E-state index in [2.05, 4.69) is 4.98 Å². The summed E-state index contributed by atoms with van der Waals surface area (Å²) >= 11 is 11.4. The molecule has 0 unspecified atom stereocenters. The van der Waals surface area contributed by atoms with Crippen molar-refractivity contribution < 1.29 is 26.4 Å². The van der Waals surface area contributed by atoms with E-state index >= 15 is 0 Å². The van der Waals surface area contributed by atoms with Crippen LogP contribution < -0.4 is 4.72 Å². The highest BCUT2D eigenvalue weighted by Gasteiger charge is 2.29. The molecule has 0 fully saturated rings. The Morgan fingerprint density at radius 1 is 1.29 bits per heavy atom. The molecule has 2 rings (SSSR count). The summed E-state index contributed by atoms with van der Waals surface area (Å²) in [6.07, 6.45) is -2.95. The number of benzene rings is 1. The van der Waals surface area contributed by atoms with Gasteiger partial charge in [0, 0.05) is 11.2 Å². The molecule has 0 aliphatic heterocycles. The Hall–Kier alpha value is -1.78. The molecule has 12 heteroatoms. The lowest BCUT2D eigenvalue weighted by molar-refractivity contribution is -0.140. The standard InChI is InChI=1S/C12H8Cl2F3N3O3S/c13-7-1-2-10(8(14)3-7)24(22,23)19-11(21)9-4-20(6-18-9)5-12(15,16)17/h1-4,6H,5H2,(H,19,21). The molecule has 1 aromatic heterocycles. The first-order chi connectivity index (χ1) is 11.0. The van der Waals surface area contributed by atoms with E-state index in [1.807, 2.05) is 0 Å². The van der Waals surface area contributed by atoms with Crippen molar-refractivity contribution in [3.63, 3.8) is 0 Å². The Morgan fingerprint density at radius 3 is 2.54 bits per heavy atom. The molecule has 24 heavy (non-hydrogen) atoms. The van der Waals surface area contributed by atoms with E-state index in [9.17, 15) is 26.4 Å². The number of nitrogens with one attached hydrogen (secondary N) is 1. The highest BCUT2D eigenvalue weighted by Crippen LogP contribution is 2.25. The first-order valence-electron chi connectivity index (χ1n) is 6.09. The van der Waals surface area contributed by atoms with Crippen LogP contribution in [0.2, 0.25) is 10.0 Å². The van der Waals surface area contributed by atoms with Crippen LogP contribution in [0.15, 0.2) is 35.6 Å². The zero-order valence-electron chi connectivity index (χ0n) is 11.5. The van der Waals surface area contributed by atoms with Crippen LogP contribution in [-0.4, -0.2) is 30.1 Å². The normalized spacial score (nSPS) is 12.2. The molecule has 6 nitrogen and oxygen atoms in total. The molecule has 1 N–H and O–H groups in total. The minimum atomic E-state index is -4.50. The first kappa shape index (κ1) is 18.6. The van der Waals surface area contributed by atoms with E-state index in [0.717, 1.165) is 18.6 Å². The van der Waals surface area contributed by atoms with Gasteiger partial charge in [0.2, 0.25) is 0 Å². The number of hydrogen-bond acceptors (Lipinski definition) is 4. The zero-order chi connectivity index (χ0) is 18.1. The number of aromatic nitrogens is 2. The molecule has 2 aromatic rings. The molecule has 0 saturated heterocycles. The maximum Gasteiger partial charge on any atom is 0.406 e. The van der Waals surface area contributed by atoms with Crippen molar-refractivity contribution in [1.82, 2.24) is 14.3 Å². The molecular formula is C12H8Cl2F3N3O3S. The maximum atomic E-state index is 12.3. The second kappa shape index (κ2) is 6.61. The number of nitrogens with zero attached hydrogens (tertiary/aromatic N) is 2. The molecule has 0 radical (unpaired) electrons. The predicted molar refractivity (Wildman–Crippen MR) is 79.4 cm³/mol. The summed E-state index contributed by atoms with van der Waals surface area (Å²) < 4.78 is 63.3. The highest BCUT2D eigenvalue weighted by atomic mass is 35.5. The van der Waals surface area contributed by atoms with Crippen LogP contribution in [0, 0.1) is 0 Å². The number of hydrogen-bond donors (Lipinski definition) is 1. The van der Waals surface area contributed by atoms with Crippen LogP contribution >= 0.6 is 23.2 Å². The van der Waals surface area contributed by atoms with E-state index < -0.39 is 39.2 Å². The first-order valence-corrected chi connectivity index (χ1v) is 8.32. The summed E-state index contributed by atoms with van der Waals surface area (Å²) in [5.74, 6) is -1.19. The summed E-state index contributed by atoms with van der Waals surface area (Å²) in [5.41, 5.74) is -0.493. The quantitative estimate of drug-likeness (QED) is 0.853. The van der Waals surface area contributed by atoms with Gasteiger partial charge >= 0.3 is 6.18 Å². The number of imidazole rings is 1. The lowest BCUT2D eigenvalue weighted by atomic mass is 10.4. The fourth-order valence-electron chi connectivity index (χ4n) is 1.69. The Labute approximate surface area is 144 Å². The van der Waals surface area contributed by atoms with Crippen LogP contribution in [0.4, 0.5) is 13.2 Å². The van der Waals surface area contributed by atoms with Crippen molar-refractivity contribution in [2.45, 2.75) is 17.6 Å². The molecule has 0 spiro atoms. The van der Waals surface area contributed by atoms with Crippen molar-refractivity contribution in [1.29, 1.82) is 0 Å². The Morgan fingerprint density at radius 2 is 1.96 bits per heavy atom. The third kappa shape index (κ3) is 4.62. The van der Waals surface area contributed by atoms with Crippen LogP contribution in [0.25, 0.3) is 0 Å². The van der Waals surface area contributed by atoms with Gasteiger partial charge in [-0.15, -0.1) is 0 Å². The lowest BCUT2D eigenvalue weighted by Crippen LogP contribution is -2.31. The average Bonchev–Trinajstić information content (AvgIpc) is 2.83. The van der Waals surface area contributed by atoms with Crippen LogP contribution in [-0.2, 0) is 16.6 Å². The molecule has 1 heterocycles. The number of amides is 1. The van der Waals surface area contributed by atoms with Gasteiger partial charge in [-0.2, -0.15) is 13.2 Å². The second-order valence-corrected chi connectivity index (χ2v) is 7.05. The van der Waals surface area contributed by atoms with Crippen molar-refractivity contribution in [3.8, 4) is 0 Å². The largest absolute Gasteiger partial charge is 0.406 e. The molecule has 0 saturated carbocycles. The Bertz CT molecular complexity index is 881. The maximum absolute atomic E-state index is 12.3. The van der Waals surface area contributed by atoms with Gasteiger partial charge < -0.3 is 4.57 Å². The highest BCUT2D eigenvalue weighted by molar-refractivity contribution is 7.90. The molecule has 0 aliphatic rings. The molecule has 0 bridgehead atoms. The molecule has 1 amide bonds. The van der Waals surface area contributed by atoms with Crippen molar-refractivity contribution >= 4 is 39.1 Å². The summed E-state index contributed by atoms with van der Waals surface area (Å²) in [5, 5.41) is -0.0263. The van der Waals surface area contributed by atoms with Gasteiger partial charge in [-0.1, -0.05) is 23.2 Å². The smallest absolute Gasteiger partial charge is 0.328 e. The number of alkyl halides is 3. The summed E-state index contributed by atoms with van der Waals surface area (Å²) in [7, 11) is -4.34. The molecular weight excluding hydrogens is 394 g/mol. The molecule has 130 valence electrons. The van der Waals surface area contributed by atoms with Crippen molar-refractivity contribution in [2.75, 3.05) is 0 Å². The summed E-state index contributed by atoms with van der Waals surface area (Å²) in [6.45, 7) is -1.36. The second-order valence-electron chi connectivity index (χ2n) is 4.56. The predicted octanol–water partition coefficient (Wildman–Crippen LogP) is 2.87. The third-order valence-corrected chi connectivity index (χ3v) is 4.69. The zero-order valence-corrected chi connectivity index (χ0v) is 13.8. The van der Waals surface area contributed by atoms with E-state index in [1.54, 1.807) is 4.72 Å². The van der Waals surface area contributed by atoms with E-state index in [1.165, 1.54) is 12.1 Å². The van der Waals surface area contributed by atoms with E-state index in [0.29, 0.717) is 4.57 Å².